The topological polar surface area (TPSA) is 129 Å². The van der Waals surface area contributed by atoms with E-state index in [2.05, 4.69) is 30.7 Å². The molecule has 3 heterocycles. The average Bonchev–Trinajstić information content (AvgIpc) is 3.28. The van der Waals surface area contributed by atoms with Crippen LogP contribution in [0.5, 0.6) is 0 Å². The highest BCUT2D eigenvalue weighted by Gasteiger charge is 2.39. The van der Waals surface area contributed by atoms with Gasteiger partial charge in [-0.3, -0.25) is 19.1 Å². The maximum Gasteiger partial charge on any atom is 0.346 e. The Morgan fingerprint density at radius 3 is 2.90 bits per heavy atom. The molecule has 1 saturated heterocycles. The number of nitrogen functional groups attached to an aromatic ring is 1. The first kappa shape index (κ1) is 22.3. The SMILES string of the molecule is CC(C)C[C@@H]1CC[C@@H](C)C[C@H]1OC(=O)[C@H]1O[C@@H](n2c(=O)sc3c(=O)[nH]c(N)nc32)CS1. The molecule has 0 amide bonds. The van der Waals surface area contributed by atoms with Crippen molar-refractivity contribution in [1.29, 1.82) is 0 Å². The molecule has 11 heteroatoms. The second-order valence-electron chi connectivity index (χ2n) is 8.88. The molecule has 1 aliphatic carbocycles. The number of esters is 1. The first-order chi connectivity index (χ1) is 14.7. The van der Waals surface area contributed by atoms with Gasteiger partial charge in [0, 0.05) is 5.75 Å². The zero-order valence-electron chi connectivity index (χ0n) is 17.8. The number of anilines is 1. The van der Waals surface area contributed by atoms with Crippen LogP contribution < -0.4 is 16.2 Å². The summed E-state index contributed by atoms with van der Waals surface area (Å²) in [6.07, 6.45) is 3.30. The quantitative estimate of drug-likeness (QED) is 0.641. The molecule has 3 N–H and O–H groups in total. The zero-order valence-corrected chi connectivity index (χ0v) is 19.5. The minimum atomic E-state index is -0.817. The van der Waals surface area contributed by atoms with Crippen molar-refractivity contribution in [1.82, 2.24) is 14.5 Å². The van der Waals surface area contributed by atoms with Gasteiger partial charge in [-0.25, -0.2) is 4.79 Å². The fourth-order valence-corrected chi connectivity index (χ4v) is 6.29. The second kappa shape index (κ2) is 8.95. The Kier molecular flexibility index (Phi) is 6.45. The first-order valence-electron chi connectivity index (χ1n) is 10.6. The zero-order chi connectivity index (χ0) is 22.3. The van der Waals surface area contributed by atoms with E-state index in [4.69, 9.17) is 15.2 Å². The maximum absolute atomic E-state index is 12.9. The molecular weight excluding hydrogens is 440 g/mol. The van der Waals surface area contributed by atoms with Gasteiger partial charge in [-0.2, -0.15) is 4.98 Å². The number of hydrogen-bond donors (Lipinski definition) is 2. The third-order valence-electron chi connectivity index (χ3n) is 5.88. The molecule has 2 aliphatic rings. The standard InChI is InChI=1S/C20H28N4O5S2/c1-9(2)6-11-5-4-10(3)7-12(11)28-17(26)18-29-13(8-30-18)24-15-14(31-20(24)27)16(25)23-19(21)22-15/h9-13,18H,4-8H2,1-3H3,(H3,21,22,23,25)/t10-,11+,12-,13-,18+/m1/s1. The molecule has 2 fully saturated rings. The Labute approximate surface area is 187 Å². The molecule has 9 nitrogen and oxygen atoms in total. The highest BCUT2D eigenvalue weighted by atomic mass is 32.2. The van der Waals surface area contributed by atoms with E-state index in [1.54, 1.807) is 0 Å². The van der Waals surface area contributed by atoms with Crippen LogP contribution in [0.3, 0.4) is 0 Å². The lowest BCUT2D eigenvalue weighted by Crippen LogP contribution is -2.36. The van der Waals surface area contributed by atoms with E-state index in [0.29, 0.717) is 23.5 Å². The number of aromatic amines is 1. The molecule has 0 bridgehead atoms. The van der Waals surface area contributed by atoms with Gasteiger partial charge in [-0.15, -0.1) is 11.8 Å². The molecule has 1 aliphatic heterocycles. The molecule has 0 spiro atoms. The number of fused-ring (bicyclic) bond motifs is 1. The van der Waals surface area contributed by atoms with Crippen LogP contribution in [0.2, 0.25) is 0 Å². The van der Waals surface area contributed by atoms with Crippen molar-refractivity contribution in [3.05, 3.63) is 20.0 Å². The highest BCUT2D eigenvalue weighted by molar-refractivity contribution is 8.00. The molecule has 0 aromatic carbocycles. The van der Waals surface area contributed by atoms with Crippen LogP contribution in [0.4, 0.5) is 5.95 Å². The number of ether oxygens (including phenoxy) is 2. The fourth-order valence-electron chi connectivity index (χ4n) is 4.47. The Bertz CT molecular complexity index is 1080. The summed E-state index contributed by atoms with van der Waals surface area (Å²) in [6, 6.07) is 0. The van der Waals surface area contributed by atoms with Gasteiger partial charge >= 0.3 is 10.8 Å². The predicted octanol–water partition coefficient (Wildman–Crippen LogP) is 2.71. The summed E-state index contributed by atoms with van der Waals surface area (Å²) >= 11 is 2.08. The number of thioether (sulfide) groups is 1. The number of nitrogens with one attached hydrogen (secondary N) is 1. The van der Waals surface area contributed by atoms with Crippen LogP contribution in [0, 0.1) is 17.8 Å². The third kappa shape index (κ3) is 4.68. The van der Waals surface area contributed by atoms with Crippen LogP contribution in [-0.2, 0) is 14.3 Å². The molecule has 170 valence electrons. The number of nitrogens with two attached hydrogens (primary N) is 1. The van der Waals surface area contributed by atoms with E-state index < -0.39 is 23.2 Å². The lowest BCUT2D eigenvalue weighted by molar-refractivity contribution is -0.165. The van der Waals surface area contributed by atoms with E-state index in [-0.39, 0.29) is 27.3 Å². The number of carbonyl (C=O) groups is 1. The van der Waals surface area contributed by atoms with Crippen molar-refractivity contribution in [3.8, 4) is 0 Å². The number of H-pyrrole nitrogens is 1. The van der Waals surface area contributed by atoms with Gasteiger partial charge < -0.3 is 15.2 Å². The van der Waals surface area contributed by atoms with Crippen LogP contribution in [0.1, 0.15) is 52.7 Å². The summed E-state index contributed by atoms with van der Waals surface area (Å²) in [4.78, 5) is 43.6. The average molecular weight is 469 g/mol. The maximum atomic E-state index is 12.9. The summed E-state index contributed by atoms with van der Waals surface area (Å²) in [7, 11) is 0. The number of hydrogen-bond acceptors (Lipinski definition) is 9. The van der Waals surface area contributed by atoms with E-state index in [9.17, 15) is 14.4 Å². The molecular formula is C20H28N4O5S2. The number of aromatic nitrogens is 3. The largest absolute Gasteiger partial charge is 0.460 e. The molecule has 0 unspecified atom stereocenters. The summed E-state index contributed by atoms with van der Waals surface area (Å²) in [6.45, 7) is 6.57. The van der Waals surface area contributed by atoms with Gasteiger partial charge in [0.2, 0.25) is 11.4 Å². The molecule has 2 aromatic rings. The van der Waals surface area contributed by atoms with Gasteiger partial charge in [0.15, 0.2) is 11.9 Å². The fraction of sp³-hybridized carbons (Fsp3) is 0.700. The van der Waals surface area contributed by atoms with E-state index in [1.165, 1.54) is 16.3 Å². The summed E-state index contributed by atoms with van der Waals surface area (Å²) in [5.41, 5.74) is 4.54. The number of carbonyl (C=O) groups excluding carboxylic acids is 1. The first-order valence-corrected chi connectivity index (χ1v) is 12.5. The Morgan fingerprint density at radius 2 is 2.16 bits per heavy atom. The van der Waals surface area contributed by atoms with E-state index in [1.807, 2.05) is 0 Å². The van der Waals surface area contributed by atoms with Crippen molar-refractivity contribution in [2.75, 3.05) is 11.5 Å². The summed E-state index contributed by atoms with van der Waals surface area (Å²) in [5.74, 6) is 1.33. The molecule has 2 aromatic heterocycles. The van der Waals surface area contributed by atoms with Crippen molar-refractivity contribution >= 4 is 45.4 Å². The van der Waals surface area contributed by atoms with Gasteiger partial charge in [0.1, 0.15) is 10.8 Å². The smallest absolute Gasteiger partial charge is 0.346 e. The van der Waals surface area contributed by atoms with Crippen LogP contribution in [0.15, 0.2) is 9.59 Å². The van der Waals surface area contributed by atoms with Crippen molar-refractivity contribution in [2.24, 2.45) is 17.8 Å². The minimum absolute atomic E-state index is 0.0757. The predicted molar refractivity (Wildman–Crippen MR) is 121 cm³/mol. The van der Waals surface area contributed by atoms with Gasteiger partial charge in [-0.05, 0) is 37.0 Å². The lowest BCUT2D eigenvalue weighted by atomic mass is 9.77. The molecule has 1 saturated carbocycles. The third-order valence-corrected chi connectivity index (χ3v) is 7.90. The van der Waals surface area contributed by atoms with Gasteiger partial charge in [0.05, 0.1) is 0 Å². The van der Waals surface area contributed by atoms with E-state index >= 15 is 0 Å². The molecule has 5 atom stereocenters. The summed E-state index contributed by atoms with van der Waals surface area (Å²) in [5, 5.41) is 0. The van der Waals surface area contributed by atoms with Crippen molar-refractivity contribution in [2.45, 2.75) is 64.2 Å². The van der Waals surface area contributed by atoms with Crippen LogP contribution >= 0.6 is 23.1 Å². The molecule has 0 radical (unpaired) electrons. The van der Waals surface area contributed by atoms with E-state index in [0.717, 1.165) is 37.0 Å². The number of nitrogens with zero attached hydrogens (tertiary/aromatic N) is 2. The Morgan fingerprint density at radius 1 is 1.39 bits per heavy atom. The monoisotopic (exact) mass is 468 g/mol. The minimum Gasteiger partial charge on any atom is -0.460 e. The van der Waals surface area contributed by atoms with Gasteiger partial charge in [-0.1, -0.05) is 38.5 Å². The Balaban J connectivity index is 1.48. The lowest BCUT2D eigenvalue weighted by Gasteiger charge is -2.35. The van der Waals surface area contributed by atoms with Gasteiger partial charge in [0.25, 0.3) is 5.56 Å². The van der Waals surface area contributed by atoms with Crippen molar-refractivity contribution in [3.63, 3.8) is 0 Å². The Hall–Kier alpha value is -1.85. The van der Waals surface area contributed by atoms with Crippen LogP contribution in [0.25, 0.3) is 10.3 Å². The normalized spacial score (nSPS) is 29.0. The molecule has 4 rings (SSSR count). The number of rotatable bonds is 5. The number of thiazole rings is 1. The molecule has 31 heavy (non-hydrogen) atoms. The second-order valence-corrected chi connectivity index (χ2v) is 10.9. The van der Waals surface area contributed by atoms with Crippen LogP contribution in [-0.4, -0.2) is 37.8 Å². The highest BCUT2D eigenvalue weighted by Crippen LogP contribution is 2.38. The summed E-state index contributed by atoms with van der Waals surface area (Å²) < 4.78 is 13.3. The van der Waals surface area contributed by atoms with Crippen molar-refractivity contribution < 1.29 is 14.3 Å².